The van der Waals surface area contributed by atoms with Gasteiger partial charge in [-0.05, 0) is 34.9 Å². The Bertz CT molecular complexity index is 1200. The highest BCUT2D eigenvalue weighted by atomic mass is 35.5. The summed E-state index contributed by atoms with van der Waals surface area (Å²) in [5.74, 6) is -0.170. The Hall–Kier alpha value is -3.39. The second kappa shape index (κ2) is 11.4. The molecule has 0 saturated carbocycles. The lowest BCUT2D eigenvalue weighted by atomic mass is 9.88. The third kappa shape index (κ3) is 7.55. The zero-order chi connectivity index (χ0) is 25.6. The van der Waals surface area contributed by atoms with Crippen LogP contribution < -0.4 is 10.6 Å². The van der Waals surface area contributed by atoms with E-state index in [4.69, 9.17) is 16.3 Å². The highest BCUT2D eigenvalue weighted by molar-refractivity contribution is 6.31. The number of ether oxygens (including phenoxy) is 1. The molecule has 2 aromatic carbocycles. The van der Waals surface area contributed by atoms with E-state index in [0.717, 1.165) is 10.8 Å². The highest BCUT2D eigenvalue weighted by Gasteiger charge is 2.27. The van der Waals surface area contributed by atoms with E-state index >= 15 is 0 Å². The van der Waals surface area contributed by atoms with E-state index in [9.17, 15) is 14.0 Å². The maximum Gasteiger partial charge on any atom is 0.412 e. The van der Waals surface area contributed by atoms with Gasteiger partial charge in [0.2, 0.25) is 0 Å². The van der Waals surface area contributed by atoms with Crippen molar-refractivity contribution in [3.8, 4) is 0 Å². The number of hydrogen-bond donors (Lipinski definition) is 2. The maximum atomic E-state index is 13.7. The van der Waals surface area contributed by atoms with Crippen LogP contribution in [0.3, 0.4) is 0 Å². The first kappa shape index (κ1) is 26.2. The summed E-state index contributed by atoms with van der Waals surface area (Å²) < 4.78 is 19.1. The van der Waals surface area contributed by atoms with Crippen LogP contribution in [0.25, 0.3) is 10.8 Å². The molecule has 0 aliphatic carbocycles. The van der Waals surface area contributed by atoms with Gasteiger partial charge in [-0.2, -0.15) is 0 Å². The number of benzene rings is 2. The van der Waals surface area contributed by atoms with Gasteiger partial charge >= 0.3 is 12.1 Å². The van der Waals surface area contributed by atoms with Crippen molar-refractivity contribution in [3.05, 3.63) is 71.1 Å². The van der Waals surface area contributed by atoms with Gasteiger partial charge in [-0.15, -0.1) is 0 Å². The summed E-state index contributed by atoms with van der Waals surface area (Å²) in [5.41, 5.74) is 0.337. The first-order chi connectivity index (χ1) is 16.5. The van der Waals surface area contributed by atoms with Crippen LogP contribution in [0.5, 0.6) is 0 Å². The number of amides is 3. The Labute approximate surface area is 209 Å². The zero-order valence-corrected chi connectivity index (χ0v) is 21.0. The Kier molecular flexibility index (Phi) is 8.51. The number of hydrogen-bond acceptors (Lipinski definition) is 4. The number of fused-ring (bicyclic) bond motifs is 1. The predicted octanol–water partition coefficient (Wildman–Crippen LogP) is 6.22. The van der Waals surface area contributed by atoms with Crippen LogP contribution >= 0.6 is 11.6 Å². The molecule has 3 amide bonds. The van der Waals surface area contributed by atoms with Crippen molar-refractivity contribution < 1.29 is 18.7 Å². The molecule has 1 atom stereocenters. The van der Waals surface area contributed by atoms with E-state index in [1.54, 1.807) is 25.4 Å². The third-order valence-electron chi connectivity index (χ3n) is 5.45. The van der Waals surface area contributed by atoms with Gasteiger partial charge in [0.05, 0.1) is 11.1 Å². The predicted molar refractivity (Wildman–Crippen MR) is 136 cm³/mol. The number of aromatic nitrogens is 1. The van der Waals surface area contributed by atoms with E-state index in [2.05, 4.69) is 15.6 Å². The molecule has 7 nitrogen and oxygen atoms in total. The maximum absolute atomic E-state index is 13.7. The van der Waals surface area contributed by atoms with Crippen molar-refractivity contribution in [2.75, 3.05) is 19.0 Å². The molecule has 0 bridgehead atoms. The number of anilines is 1. The average molecular weight is 501 g/mol. The van der Waals surface area contributed by atoms with Crippen LogP contribution in [0.15, 0.2) is 54.7 Å². The van der Waals surface area contributed by atoms with Crippen molar-refractivity contribution in [2.45, 2.75) is 39.8 Å². The lowest BCUT2D eigenvalue weighted by Crippen LogP contribution is -2.47. The van der Waals surface area contributed by atoms with Gasteiger partial charge in [0, 0.05) is 25.2 Å². The normalized spacial score (nSPS) is 12.2. The fourth-order valence-electron chi connectivity index (χ4n) is 3.63. The van der Waals surface area contributed by atoms with Crippen molar-refractivity contribution in [1.29, 1.82) is 0 Å². The van der Waals surface area contributed by atoms with Crippen molar-refractivity contribution in [2.24, 2.45) is 5.41 Å². The number of urea groups is 1. The Morgan fingerprint density at radius 1 is 1.14 bits per heavy atom. The second-order valence-corrected chi connectivity index (χ2v) is 9.92. The largest absolute Gasteiger partial charge is 0.447 e. The van der Waals surface area contributed by atoms with Gasteiger partial charge in [0.15, 0.2) is 0 Å². The zero-order valence-electron chi connectivity index (χ0n) is 20.3. The summed E-state index contributed by atoms with van der Waals surface area (Å²) >= 11 is 5.98. The van der Waals surface area contributed by atoms with Gasteiger partial charge in [0.1, 0.15) is 18.2 Å². The highest BCUT2D eigenvalue weighted by Crippen LogP contribution is 2.24. The summed E-state index contributed by atoms with van der Waals surface area (Å²) in [4.78, 5) is 31.0. The van der Waals surface area contributed by atoms with Gasteiger partial charge < -0.3 is 15.0 Å². The van der Waals surface area contributed by atoms with Crippen LogP contribution in [0, 0.1) is 11.2 Å². The van der Waals surface area contributed by atoms with Crippen LogP contribution in [-0.2, 0) is 11.3 Å². The number of pyridine rings is 1. The molecule has 0 aliphatic heterocycles. The molecule has 9 heteroatoms. The van der Waals surface area contributed by atoms with Gasteiger partial charge in [-0.3, -0.25) is 5.32 Å². The summed E-state index contributed by atoms with van der Waals surface area (Å²) in [6.45, 7) is 6.17. The van der Waals surface area contributed by atoms with E-state index < -0.39 is 18.0 Å². The molecule has 1 unspecified atom stereocenters. The summed E-state index contributed by atoms with van der Waals surface area (Å²) in [7, 11) is 1.63. The van der Waals surface area contributed by atoms with Crippen LogP contribution in [0.2, 0.25) is 5.02 Å². The first-order valence-electron chi connectivity index (χ1n) is 11.3. The fourth-order valence-corrected chi connectivity index (χ4v) is 3.82. The molecule has 1 aromatic heterocycles. The minimum absolute atomic E-state index is 0.0126. The number of rotatable bonds is 7. The van der Waals surface area contributed by atoms with Crippen LogP contribution in [0.4, 0.5) is 19.8 Å². The standard InChI is InChI=1S/C26H30ClFN4O3/c1-26(2,3)13-20(32(4)24(33)30-15-19-10-7-11-21(28)23(19)27)16-35-25(34)31-22-12-17-8-5-6-9-18(17)14-29-22/h5-12,14,20H,13,15-16H2,1-4H3,(H,30,33)(H,29,31,34). The van der Waals surface area contributed by atoms with Crippen LogP contribution in [-0.4, -0.2) is 41.7 Å². The Balaban J connectivity index is 1.60. The summed E-state index contributed by atoms with van der Waals surface area (Å²) in [5, 5.41) is 7.26. The first-order valence-corrected chi connectivity index (χ1v) is 11.6. The number of carbonyl (C=O) groups excluding carboxylic acids is 2. The SMILES string of the molecule is CN(C(=O)NCc1cccc(F)c1Cl)C(COC(=O)Nc1cc2ccccc2cn1)CC(C)(C)C. The molecule has 0 fully saturated rings. The quantitative estimate of drug-likeness (QED) is 0.403. The molecule has 0 aliphatic rings. The van der Waals surface area contributed by atoms with Gasteiger partial charge in [0.25, 0.3) is 0 Å². The molecule has 0 saturated heterocycles. The summed E-state index contributed by atoms with van der Waals surface area (Å²) in [6, 6.07) is 13.1. The molecule has 3 rings (SSSR count). The number of nitrogens with zero attached hydrogens (tertiary/aromatic N) is 2. The summed E-state index contributed by atoms with van der Waals surface area (Å²) in [6.07, 6.45) is 1.60. The topological polar surface area (TPSA) is 83.6 Å². The molecule has 1 heterocycles. The minimum Gasteiger partial charge on any atom is -0.447 e. The van der Waals surface area contributed by atoms with E-state index in [1.807, 2.05) is 45.0 Å². The Morgan fingerprint density at radius 2 is 1.86 bits per heavy atom. The van der Waals surface area contributed by atoms with Crippen molar-refractivity contribution >= 4 is 40.3 Å². The molecule has 0 radical (unpaired) electrons. The minimum atomic E-state index is -0.660. The van der Waals surface area contributed by atoms with Gasteiger partial charge in [-0.1, -0.05) is 68.8 Å². The van der Waals surface area contributed by atoms with Gasteiger partial charge in [-0.25, -0.2) is 19.0 Å². The van der Waals surface area contributed by atoms with Crippen molar-refractivity contribution in [1.82, 2.24) is 15.2 Å². The van der Waals surface area contributed by atoms with E-state index in [0.29, 0.717) is 17.8 Å². The smallest absolute Gasteiger partial charge is 0.412 e. The molecule has 3 aromatic rings. The molecule has 186 valence electrons. The van der Waals surface area contributed by atoms with Crippen molar-refractivity contribution in [3.63, 3.8) is 0 Å². The number of nitrogens with one attached hydrogen (secondary N) is 2. The fraction of sp³-hybridized carbons (Fsp3) is 0.346. The lowest BCUT2D eigenvalue weighted by Gasteiger charge is -2.33. The monoisotopic (exact) mass is 500 g/mol. The van der Waals surface area contributed by atoms with E-state index in [-0.39, 0.29) is 29.6 Å². The lowest BCUT2D eigenvalue weighted by molar-refractivity contribution is 0.0985. The molecule has 0 spiro atoms. The number of halogens is 2. The second-order valence-electron chi connectivity index (χ2n) is 9.54. The average Bonchev–Trinajstić information content (AvgIpc) is 2.81. The Morgan fingerprint density at radius 3 is 2.57 bits per heavy atom. The van der Waals surface area contributed by atoms with E-state index in [1.165, 1.54) is 17.0 Å². The number of carbonyl (C=O) groups is 2. The van der Waals surface area contributed by atoms with Crippen LogP contribution in [0.1, 0.15) is 32.8 Å². The molecule has 35 heavy (non-hydrogen) atoms. The third-order valence-corrected chi connectivity index (χ3v) is 5.87. The molecular weight excluding hydrogens is 471 g/mol. The molecule has 2 N–H and O–H groups in total. The number of likely N-dealkylation sites (N-methyl/N-ethyl adjacent to an activating group) is 1. The molecular formula is C26H30ClFN4O3.